The Balaban J connectivity index is 2.81. The first-order valence-corrected chi connectivity index (χ1v) is 2.86. The summed E-state index contributed by atoms with van der Waals surface area (Å²) in [5, 5.41) is 2.64. The highest BCUT2D eigenvalue weighted by Crippen LogP contribution is 1.99. The third-order valence-electron chi connectivity index (χ3n) is 0.739. The van der Waals surface area contributed by atoms with Gasteiger partial charge in [0.25, 0.3) is 0 Å². The smallest absolute Gasteiger partial charge is 0.0291 e. The van der Waals surface area contributed by atoms with Crippen molar-refractivity contribution >= 4 is 17.6 Å². The molecule has 1 atom stereocenters. The van der Waals surface area contributed by atoms with Gasteiger partial charge in [0.2, 0.25) is 0 Å². The van der Waals surface area contributed by atoms with Crippen LogP contribution in [0.15, 0.2) is 0 Å². The van der Waals surface area contributed by atoms with E-state index < -0.39 is 0 Å². The van der Waals surface area contributed by atoms with E-state index in [9.17, 15) is 0 Å². The molecule has 0 saturated carbocycles. The molecule has 0 heterocycles. The van der Waals surface area contributed by atoms with Crippen LogP contribution < -0.4 is 0 Å². The van der Waals surface area contributed by atoms with Crippen molar-refractivity contribution in [3.05, 3.63) is 6.92 Å². The van der Waals surface area contributed by atoms with Crippen molar-refractivity contribution in [1.82, 2.24) is 0 Å². The SMILES string of the molecule is [CH2]C(C)CC[C]=S. The van der Waals surface area contributed by atoms with Gasteiger partial charge in [0.1, 0.15) is 0 Å². The molecule has 7 heavy (non-hydrogen) atoms. The summed E-state index contributed by atoms with van der Waals surface area (Å²) in [5.74, 6) is 0.524. The quantitative estimate of drug-likeness (QED) is 0.506. The monoisotopic (exact) mass is 114 g/mol. The van der Waals surface area contributed by atoms with Crippen molar-refractivity contribution in [1.29, 1.82) is 0 Å². The zero-order valence-electron chi connectivity index (χ0n) is 4.61. The second-order valence-corrected chi connectivity index (χ2v) is 2.08. The molecule has 0 aliphatic carbocycles. The second-order valence-electron chi connectivity index (χ2n) is 1.79. The van der Waals surface area contributed by atoms with Gasteiger partial charge in [-0.25, -0.2) is 0 Å². The molecule has 0 aromatic carbocycles. The largest absolute Gasteiger partial charge is 0.0837 e. The number of rotatable bonds is 3. The molecule has 40 valence electrons. The van der Waals surface area contributed by atoms with Gasteiger partial charge < -0.3 is 0 Å². The molecular formula is C6H10S. The standard InChI is InChI=1S/C6H10S/c1-6(2)4-3-5-7/h6H,1,3-4H2,2H3. The van der Waals surface area contributed by atoms with Crippen LogP contribution in [0, 0.1) is 12.8 Å². The Morgan fingerprint density at radius 2 is 2.43 bits per heavy atom. The van der Waals surface area contributed by atoms with E-state index in [1.165, 1.54) is 0 Å². The lowest BCUT2D eigenvalue weighted by molar-refractivity contribution is 0.671. The Morgan fingerprint density at radius 1 is 1.86 bits per heavy atom. The third kappa shape index (κ3) is 6.09. The van der Waals surface area contributed by atoms with Crippen LogP contribution in [-0.2, 0) is 0 Å². The van der Waals surface area contributed by atoms with Crippen LogP contribution in [-0.4, -0.2) is 5.37 Å². The highest BCUT2D eigenvalue weighted by molar-refractivity contribution is 7.78. The fraction of sp³-hybridized carbons (Fsp3) is 0.667. The van der Waals surface area contributed by atoms with E-state index in [0.717, 1.165) is 12.8 Å². The van der Waals surface area contributed by atoms with Gasteiger partial charge in [-0.05, 0) is 18.8 Å². The first-order chi connectivity index (χ1) is 3.27. The van der Waals surface area contributed by atoms with Crippen LogP contribution >= 0.6 is 12.2 Å². The van der Waals surface area contributed by atoms with E-state index in [-0.39, 0.29) is 0 Å². The van der Waals surface area contributed by atoms with Crippen molar-refractivity contribution in [2.45, 2.75) is 19.8 Å². The summed E-state index contributed by atoms with van der Waals surface area (Å²) in [6, 6.07) is 0. The van der Waals surface area contributed by atoms with Crippen molar-refractivity contribution < 1.29 is 0 Å². The zero-order chi connectivity index (χ0) is 5.70. The normalized spacial score (nSPS) is 9.57. The van der Waals surface area contributed by atoms with Gasteiger partial charge in [-0.3, -0.25) is 0 Å². The molecular weight excluding hydrogens is 104 g/mol. The van der Waals surface area contributed by atoms with Gasteiger partial charge in [-0.1, -0.05) is 26.1 Å². The lowest BCUT2D eigenvalue weighted by Crippen LogP contribution is -1.85. The van der Waals surface area contributed by atoms with Gasteiger partial charge >= 0.3 is 0 Å². The summed E-state index contributed by atoms with van der Waals surface area (Å²) < 4.78 is 0. The van der Waals surface area contributed by atoms with Crippen LogP contribution in [0.2, 0.25) is 0 Å². The van der Waals surface area contributed by atoms with E-state index in [2.05, 4.69) is 31.4 Å². The number of hydrogen-bond donors (Lipinski definition) is 0. The molecule has 0 amide bonds. The minimum Gasteiger partial charge on any atom is -0.0837 e. The summed E-state index contributed by atoms with van der Waals surface area (Å²) in [6.07, 6.45) is 1.98. The van der Waals surface area contributed by atoms with Crippen molar-refractivity contribution in [3.63, 3.8) is 0 Å². The maximum absolute atomic E-state index is 4.49. The Hall–Kier alpha value is 0.0900. The topological polar surface area (TPSA) is 0 Å². The number of thiocarbonyl (C=S) groups is 1. The Morgan fingerprint density at radius 3 is 2.57 bits per heavy atom. The maximum Gasteiger partial charge on any atom is 0.0291 e. The molecule has 0 nitrogen and oxygen atoms in total. The minimum atomic E-state index is 0.524. The molecule has 0 N–H and O–H groups in total. The maximum atomic E-state index is 4.49. The molecule has 1 heteroatoms. The van der Waals surface area contributed by atoms with E-state index in [1.54, 1.807) is 0 Å². The van der Waals surface area contributed by atoms with E-state index >= 15 is 0 Å². The van der Waals surface area contributed by atoms with Gasteiger partial charge in [0, 0.05) is 5.37 Å². The van der Waals surface area contributed by atoms with Crippen LogP contribution in [0.25, 0.3) is 0 Å². The molecule has 0 bridgehead atoms. The van der Waals surface area contributed by atoms with Crippen molar-refractivity contribution in [2.24, 2.45) is 5.92 Å². The van der Waals surface area contributed by atoms with E-state index in [1.807, 2.05) is 0 Å². The van der Waals surface area contributed by atoms with Crippen LogP contribution in [0.3, 0.4) is 0 Å². The van der Waals surface area contributed by atoms with Gasteiger partial charge in [0.15, 0.2) is 0 Å². The van der Waals surface area contributed by atoms with Crippen LogP contribution in [0.4, 0.5) is 0 Å². The van der Waals surface area contributed by atoms with Crippen LogP contribution in [0.5, 0.6) is 0 Å². The molecule has 1 unspecified atom stereocenters. The van der Waals surface area contributed by atoms with E-state index in [0.29, 0.717) is 5.92 Å². The van der Waals surface area contributed by atoms with Crippen molar-refractivity contribution in [2.75, 3.05) is 0 Å². The van der Waals surface area contributed by atoms with E-state index in [4.69, 9.17) is 0 Å². The Kier molecular flexibility index (Phi) is 4.31. The van der Waals surface area contributed by atoms with Gasteiger partial charge in [0.05, 0.1) is 0 Å². The molecule has 0 aliphatic heterocycles. The fourth-order valence-corrected chi connectivity index (χ4v) is 0.423. The third-order valence-corrected chi connectivity index (χ3v) is 0.943. The average Bonchev–Trinajstić information content (AvgIpc) is 1.61. The Bertz CT molecular complexity index is 48.1. The second kappa shape index (κ2) is 4.25. The van der Waals surface area contributed by atoms with Crippen LogP contribution in [0.1, 0.15) is 19.8 Å². The van der Waals surface area contributed by atoms with Gasteiger partial charge in [-0.2, -0.15) is 0 Å². The lowest BCUT2D eigenvalue weighted by Gasteiger charge is -1.95. The Labute approximate surface area is 50.9 Å². The number of hydrogen-bond acceptors (Lipinski definition) is 1. The summed E-state index contributed by atoms with van der Waals surface area (Å²) in [7, 11) is 0. The molecule has 2 radical (unpaired) electrons. The summed E-state index contributed by atoms with van der Waals surface area (Å²) in [5.41, 5.74) is 0. The summed E-state index contributed by atoms with van der Waals surface area (Å²) in [4.78, 5) is 0. The highest BCUT2D eigenvalue weighted by atomic mass is 32.1. The summed E-state index contributed by atoms with van der Waals surface area (Å²) >= 11 is 4.49. The zero-order valence-corrected chi connectivity index (χ0v) is 5.42. The first-order valence-electron chi connectivity index (χ1n) is 2.45. The highest BCUT2D eigenvalue weighted by Gasteiger charge is 1.88. The predicted molar refractivity (Wildman–Crippen MR) is 36.4 cm³/mol. The average molecular weight is 114 g/mol. The van der Waals surface area contributed by atoms with Crippen molar-refractivity contribution in [3.8, 4) is 0 Å². The first kappa shape index (κ1) is 7.09. The molecule has 0 aromatic heterocycles. The molecule has 0 aliphatic rings. The van der Waals surface area contributed by atoms with Gasteiger partial charge in [-0.15, -0.1) is 0 Å². The minimum absolute atomic E-state index is 0.524. The molecule has 0 rings (SSSR count). The molecule has 0 saturated heterocycles. The lowest BCUT2D eigenvalue weighted by atomic mass is 10.1. The summed E-state index contributed by atoms with van der Waals surface area (Å²) in [6.45, 7) is 5.87. The fourth-order valence-electron chi connectivity index (χ4n) is 0.305. The molecule has 0 spiro atoms. The predicted octanol–water partition coefficient (Wildman–Crippen LogP) is 2.11. The molecule has 0 fully saturated rings. The molecule has 0 aromatic rings.